The van der Waals surface area contributed by atoms with Crippen LogP contribution in [0.15, 0.2) is 0 Å². The summed E-state index contributed by atoms with van der Waals surface area (Å²) >= 11 is 0. The van der Waals surface area contributed by atoms with Gasteiger partial charge in [-0.2, -0.15) is 5.26 Å². The number of nitrogens with zero attached hydrogens (tertiary/aromatic N) is 2. The second-order valence-electron chi connectivity index (χ2n) is 3.93. The van der Waals surface area contributed by atoms with Gasteiger partial charge in [-0.05, 0) is 45.3 Å². The number of nitriles is 1. The number of piperidine rings is 1. The number of hydrogen-bond donors (Lipinski definition) is 1. The average molecular weight is 181 g/mol. The van der Waals surface area contributed by atoms with E-state index in [0.29, 0.717) is 18.4 Å². The minimum atomic E-state index is 0.420. The summed E-state index contributed by atoms with van der Waals surface area (Å²) in [5, 5.41) is 8.57. The van der Waals surface area contributed by atoms with E-state index < -0.39 is 0 Å². The number of rotatable bonds is 3. The molecule has 13 heavy (non-hydrogen) atoms. The SMILES string of the molecule is CC(CC#N)N1CCC(CN)CC1. The third-order valence-electron chi connectivity index (χ3n) is 2.99. The first-order valence-electron chi connectivity index (χ1n) is 5.09. The van der Waals surface area contributed by atoms with Crippen molar-refractivity contribution in [3.8, 4) is 6.07 Å². The number of nitrogens with two attached hydrogens (primary N) is 1. The highest BCUT2D eigenvalue weighted by Crippen LogP contribution is 2.18. The maximum Gasteiger partial charge on any atom is 0.0638 e. The Morgan fingerprint density at radius 2 is 2.15 bits per heavy atom. The van der Waals surface area contributed by atoms with Gasteiger partial charge >= 0.3 is 0 Å². The Hall–Kier alpha value is -0.590. The highest BCUT2D eigenvalue weighted by molar-refractivity contribution is 4.82. The average Bonchev–Trinajstić information content (AvgIpc) is 2.18. The molecule has 1 atom stereocenters. The summed E-state index contributed by atoms with van der Waals surface area (Å²) < 4.78 is 0. The molecule has 74 valence electrons. The molecule has 1 saturated heterocycles. The van der Waals surface area contributed by atoms with Crippen LogP contribution < -0.4 is 5.73 Å². The van der Waals surface area contributed by atoms with Gasteiger partial charge in [-0.25, -0.2) is 0 Å². The molecule has 0 aromatic carbocycles. The molecule has 0 aromatic rings. The molecule has 0 aliphatic carbocycles. The summed E-state index contributed by atoms with van der Waals surface area (Å²) in [7, 11) is 0. The fraction of sp³-hybridized carbons (Fsp3) is 0.900. The van der Waals surface area contributed by atoms with Gasteiger partial charge in [0, 0.05) is 6.04 Å². The van der Waals surface area contributed by atoms with Crippen molar-refractivity contribution in [3.05, 3.63) is 0 Å². The van der Waals surface area contributed by atoms with Crippen molar-refractivity contribution < 1.29 is 0 Å². The van der Waals surface area contributed by atoms with Crippen LogP contribution in [0, 0.1) is 17.2 Å². The summed E-state index contributed by atoms with van der Waals surface area (Å²) in [6, 6.07) is 2.64. The summed E-state index contributed by atoms with van der Waals surface area (Å²) in [5.41, 5.74) is 5.61. The number of likely N-dealkylation sites (tertiary alicyclic amines) is 1. The Morgan fingerprint density at radius 1 is 1.54 bits per heavy atom. The molecule has 0 aromatic heterocycles. The van der Waals surface area contributed by atoms with Gasteiger partial charge in [0.2, 0.25) is 0 Å². The molecule has 0 amide bonds. The van der Waals surface area contributed by atoms with Crippen molar-refractivity contribution in [1.82, 2.24) is 4.90 Å². The Kier molecular flexibility index (Phi) is 4.20. The van der Waals surface area contributed by atoms with Crippen molar-refractivity contribution >= 4 is 0 Å². The van der Waals surface area contributed by atoms with Crippen LogP contribution >= 0.6 is 0 Å². The molecule has 0 spiro atoms. The fourth-order valence-corrected chi connectivity index (χ4v) is 1.89. The number of hydrogen-bond acceptors (Lipinski definition) is 3. The molecule has 1 aliphatic rings. The van der Waals surface area contributed by atoms with Crippen molar-refractivity contribution in [1.29, 1.82) is 5.26 Å². The maximum absolute atomic E-state index is 8.57. The first kappa shape index (κ1) is 10.5. The van der Waals surface area contributed by atoms with Crippen LogP contribution in [0.5, 0.6) is 0 Å². The van der Waals surface area contributed by atoms with E-state index in [4.69, 9.17) is 11.0 Å². The molecule has 2 N–H and O–H groups in total. The first-order chi connectivity index (χ1) is 6.27. The zero-order valence-electron chi connectivity index (χ0n) is 8.37. The normalized spacial score (nSPS) is 22.5. The van der Waals surface area contributed by atoms with Crippen molar-refractivity contribution in [2.45, 2.75) is 32.2 Å². The van der Waals surface area contributed by atoms with Gasteiger partial charge in [-0.15, -0.1) is 0 Å². The van der Waals surface area contributed by atoms with E-state index >= 15 is 0 Å². The lowest BCUT2D eigenvalue weighted by molar-refractivity contribution is 0.145. The van der Waals surface area contributed by atoms with Crippen LogP contribution in [0.25, 0.3) is 0 Å². The van der Waals surface area contributed by atoms with E-state index in [1.165, 1.54) is 12.8 Å². The lowest BCUT2D eigenvalue weighted by atomic mass is 9.96. The summed E-state index contributed by atoms with van der Waals surface area (Å²) in [5.74, 6) is 0.713. The summed E-state index contributed by atoms with van der Waals surface area (Å²) in [6.45, 7) is 5.18. The Morgan fingerprint density at radius 3 is 2.62 bits per heavy atom. The summed E-state index contributed by atoms with van der Waals surface area (Å²) in [6.07, 6.45) is 3.05. The molecule has 0 saturated carbocycles. The van der Waals surface area contributed by atoms with E-state index in [1.807, 2.05) is 0 Å². The van der Waals surface area contributed by atoms with Crippen molar-refractivity contribution in [2.24, 2.45) is 11.7 Å². The predicted octanol–water partition coefficient (Wildman–Crippen LogP) is 0.959. The van der Waals surface area contributed by atoms with Gasteiger partial charge in [-0.1, -0.05) is 0 Å². The van der Waals surface area contributed by atoms with Crippen LogP contribution in [0.3, 0.4) is 0 Å². The predicted molar refractivity (Wildman–Crippen MR) is 53.0 cm³/mol. The topological polar surface area (TPSA) is 53.0 Å². The molecule has 1 heterocycles. The molecular formula is C10H19N3. The fourth-order valence-electron chi connectivity index (χ4n) is 1.89. The van der Waals surface area contributed by atoms with Gasteiger partial charge in [-0.3, -0.25) is 4.90 Å². The van der Waals surface area contributed by atoms with Crippen molar-refractivity contribution in [3.63, 3.8) is 0 Å². The standard InChI is InChI=1S/C10H19N3/c1-9(2-5-11)13-6-3-10(8-12)4-7-13/h9-10H,2-4,6-8,12H2,1H3. The van der Waals surface area contributed by atoms with Crippen LogP contribution in [-0.2, 0) is 0 Å². The molecule has 1 rings (SSSR count). The molecule has 3 nitrogen and oxygen atoms in total. The zero-order chi connectivity index (χ0) is 9.68. The minimum Gasteiger partial charge on any atom is -0.330 e. The second kappa shape index (κ2) is 5.21. The van der Waals surface area contributed by atoms with E-state index in [9.17, 15) is 0 Å². The molecule has 3 heteroatoms. The third-order valence-corrected chi connectivity index (χ3v) is 2.99. The van der Waals surface area contributed by atoms with Crippen LogP contribution in [0.2, 0.25) is 0 Å². The first-order valence-corrected chi connectivity index (χ1v) is 5.09. The second-order valence-corrected chi connectivity index (χ2v) is 3.93. The van der Waals surface area contributed by atoms with E-state index in [0.717, 1.165) is 19.6 Å². The quantitative estimate of drug-likeness (QED) is 0.705. The monoisotopic (exact) mass is 181 g/mol. The van der Waals surface area contributed by atoms with Crippen LogP contribution in [-0.4, -0.2) is 30.6 Å². The molecular weight excluding hydrogens is 162 g/mol. The lowest BCUT2D eigenvalue weighted by Crippen LogP contribution is -2.41. The van der Waals surface area contributed by atoms with E-state index in [-0.39, 0.29) is 0 Å². The van der Waals surface area contributed by atoms with Gasteiger partial charge in [0.15, 0.2) is 0 Å². The van der Waals surface area contributed by atoms with Gasteiger partial charge in [0.05, 0.1) is 12.5 Å². The molecule has 1 unspecified atom stereocenters. The molecule has 0 bridgehead atoms. The molecule has 1 aliphatic heterocycles. The van der Waals surface area contributed by atoms with Gasteiger partial charge in [0.25, 0.3) is 0 Å². The van der Waals surface area contributed by atoms with Crippen LogP contribution in [0.1, 0.15) is 26.2 Å². The van der Waals surface area contributed by atoms with Gasteiger partial charge < -0.3 is 5.73 Å². The summed E-state index contributed by atoms with van der Waals surface area (Å²) in [4.78, 5) is 2.40. The van der Waals surface area contributed by atoms with E-state index in [1.54, 1.807) is 0 Å². The Balaban J connectivity index is 2.28. The third kappa shape index (κ3) is 2.98. The lowest BCUT2D eigenvalue weighted by Gasteiger charge is -2.34. The Labute approximate surface area is 80.5 Å². The molecule has 0 radical (unpaired) electrons. The van der Waals surface area contributed by atoms with E-state index in [2.05, 4.69) is 17.9 Å². The van der Waals surface area contributed by atoms with Gasteiger partial charge in [0.1, 0.15) is 0 Å². The maximum atomic E-state index is 8.57. The highest BCUT2D eigenvalue weighted by Gasteiger charge is 2.21. The van der Waals surface area contributed by atoms with Crippen LogP contribution in [0.4, 0.5) is 0 Å². The zero-order valence-corrected chi connectivity index (χ0v) is 8.37. The molecule has 1 fully saturated rings. The minimum absolute atomic E-state index is 0.420. The Bertz CT molecular complexity index is 177. The highest BCUT2D eigenvalue weighted by atomic mass is 15.2. The largest absolute Gasteiger partial charge is 0.330 e. The smallest absolute Gasteiger partial charge is 0.0638 e. The van der Waals surface area contributed by atoms with Crippen molar-refractivity contribution in [2.75, 3.05) is 19.6 Å².